The fourth-order valence-electron chi connectivity index (χ4n) is 0. The molecule has 0 amide bonds. The molecule has 0 aliphatic rings. The smallest absolute Gasteiger partial charge is 0.271 e. The first-order chi connectivity index (χ1) is 2.94. The highest BCUT2D eigenvalue weighted by Crippen LogP contribution is 2.16. The lowest BCUT2D eigenvalue weighted by atomic mass is 18.8. The lowest BCUT2D eigenvalue weighted by molar-refractivity contribution is 0.616. The van der Waals surface area contributed by atoms with Crippen LogP contribution in [0.25, 0.3) is 0 Å². The Kier molecular flexibility index (Phi) is 2.34. The van der Waals surface area contributed by atoms with Crippen LogP contribution in [-0.2, 0) is 0 Å². The number of halogens is 4. The van der Waals surface area contributed by atoms with Crippen LogP contribution in [0, 0.1) is 0 Å². The van der Waals surface area contributed by atoms with E-state index < -0.39 is 16.4 Å². The van der Waals surface area contributed by atoms with E-state index >= 15 is 0 Å². The fraction of sp³-hybridized carbons (Fsp3) is 0. The molecule has 0 rings (SSSR count). The maximum atomic E-state index is 11.2. The summed E-state index contributed by atoms with van der Waals surface area (Å²) in [4.78, 5) is 0. The summed E-state index contributed by atoms with van der Waals surface area (Å²) in [6.45, 7) is 0. The van der Waals surface area contributed by atoms with Gasteiger partial charge in [0.25, 0.3) is 0 Å². The van der Waals surface area contributed by atoms with Crippen molar-refractivity contribution in [1.29, 1.82) is 0 Å². The summed E-state index contributed by atoms with van der Waals surface area (Å²) < 4.78 is 44.2. The number of rotatable bonds is 1. The van der Waals surface area contributed by atoms with Crippen LogP contribution in [0.3, 0.4) is 0 Å². The van der Waals surface area contributed by atoms with Crippen LogP contribution in [0.1, 0.15) is 0 Å². The maximum Gasteiger partial charge on any atom is 0.527 e. The molecular weight excluding hydrogens is 164 g/mol. The Hall–Kier alpha value is 0.504. The van der Waals surface area contributed by atoms with Gasteiger partial charge in [0.1, 0.15) is 0 Å². The molecule has 0 aromatic rings. The molecule has 0 spiro atoms. The van der Waals surface area contributed by atoms with Gasteiger partial charge in [0, 0.05) is 0 Å². The normalized spacial score (nSPS) is 12.9. The fourth-order valence-corrected chi connectivity index (χ4v) is 0. The van der Waals surface area contributed by atoms with Gasteiger partial charge in [0.2, 0.25) is 0 Å². The molecule has 0 heterocycles. The van der Waals surface area contributed by atoms with E-state index in [4.69, 9.17) is 0 Å². The maximum absolute atomic E-state index is 11.2. The highest BCUT2D eigenvalue weighted by atomic mass is 32.3. The van der Waals surface area contributed by atoms with Gasteiger partial charge in [0.15, 0.2) is 0 Å². The summed E-state index contributed by atoms with van der Waals surface area (Å²) in [6.07, 6.45) is 0. The van der Waals surface area contributed by atoms with Crippen LogP contribution in [0.4, 0.5) is 16.4 Å². The standard InChI is InChI=1S/F4H2SSi2/c1-6(2)7(3,4)5/h5-6H. The Morgan fingerprint density at radius 3 is 1.43 bits per heavy atom. The Bertz CT molecular complexity index is 55.2. The topological polar surface area (TPSA) is 0 Å². The van der Waals surface area contributed by atoms with E-state index in [9.17, 15) is 16.4 Å². The van der Waals surface area contributed by atoms with Crippen LogP contribution in [-0.4, -0.2) is 16.4 Å². The molecule has 0 atom stereocenters. The molecule has 7 heavy (non-hydrogen) atoms. The minimum Gasteiger partial charge on any atom is -0.271 e. The molecule has 0 N–H and O–H groups in total. The molecule has 0 saturated carbocycles. The lowest BCUT2D eigenvalue weighted by Gasteiger charge is -1.97. The van der Waals surface area contributed by atoms with Gasteiger partial charge >= 0.3 is 16.4 Å². The van der Waals surface area contributed by atoms with Crippen molar-refractivity contribution in [3.05, 3.63) is 0 Å². The summed E-state index contributed by atoms with van der Waals surface area (Å²) >= 11 is 2.47. The Labute approximate surface area is 45.7 Å². The van der Waals surface area contributed by atoms with E-state index in [0.29, 0.717) is 0 Å². The second kappa shape index (κ2) is 2.18. The molecule has 0 fully saturated rings. The van der Waals surface area contributed by atoms with E-state index in [1.807, 2.05) is 0 Å². The number of hydrogen-bond acceptors (Lipinski definition) is 1. The third-order valence-corrected chi connectivity index (χ3v) is 4.12. The predicted molar refractivity (Wildman–Crippen MR) is 26.3 cm³/mol. The Balaban J connectivity index is 3.54. The van der Waals surface area contributed by atoms with Crippen molar-refractivity contribution in [3.63, 3.8) is 0 Å². The highest BCUT2D eigenvalue weighted by molar-refractivity contribution is 8.19. The summed E-state index contributed by atoms with van der Waals surface area (Å²) in [6, 6.07) is 0. The monoisotopic (exact) mass is 166 g/mol. The third kappa shape index (κ3) is 3.12. The molecule has 0 aromatic carbocycles. The zero-order chi connectivity index (χ0) is 6.08. The van der Waals surface area contributed by atoms with Gasteiger partial charge in [0.05, 0.1) is 0 Å². The van der Waals surface area contributed by atoms with Crippen molar-refractivity contribution in [2.24, 2.45) is 0 Å². The van der Waals surface area contributed by atoms with E-state index in [1.165, 1.54) is 0 Å². The zero-order valence-electron chi connectivity index (χ0n) is 3.04. The lowest BCUT2D eigenvalue weighted by Crippen LogP contribution is -2.30. The van der Waals surface area contributed by atoms with Crippen LogP contribution in [0.2, 0.25) is 0 Å². The van der Waals surface area contributed by atoms with Crippen LogP contribution in [0.5, 0.6) is 0 Å². The SMILES string of the molecule is F[SiH](F)[Si](F)(F)S. The second-order valence-corrected chi connectivity index (χ2v) is 9.40. The van der Waals surface area contributed by atoms with E-state index in [1.54, 1.807) is 0 Å². The largest absolute Gasteiger partial charge is 0.527 e. The molecule has 0 bridgehead atoms. The summed E-state index contributed by atoms with van der Waals surface area (Å²) in [7, 11) is -9.92. The average Bonchev–Trinajstić information content (AvgIpc) is 1.31. The van der Waals surface area contributed by atoms with Crippen LogP contribution in [0.15, 0.2) is 0 Å². The van der Waals surface area contributed by atoms with Crippen molar-refractivity contribution in [3.8, 4) is 0 Å². The average molecular weight is 166 g/mol. The molecular formula is H2F4SSi2. The van der Waals surface area contributed by atoms with Gasteiger partial charge in [-0.3, -0.25) is 16.4 Å². The summed E-state index contributed by atoms with van der Waals surface area (Å²) in [5, 5.41) is 0. The minimum absolute atomic E-state index is 2.47. The Morgan fingerprint density at radius 1 is 1.29 bits per heavy atom. The molecule has 0 aliphatic carbocycles. The van der Waals surface area contributed by atoms with Gasteiger partial charge in [-0.2, -0.15) is 0 Å². The molecule has 0 aliphatic heterocycles. The first kappa shape index (κ1) is 7.50. The third-order valence-electron chi connectivity index (χ3n) is 0.263. The Morgan fingerprint density at radius 2 is 1.43 bits per heavy atom. The number of hydrogen-bond donors (Lipinski definition) is 1. The highest BCUT2D eigenvalue weighted by Gasteiger charge is 2.46. The van der Waals surface area contributed by atoms with Crippen molar-refractivity contribution in [2.45, 2.75) is 0 Å². The first-order valence-electron chi connectivity index (χ1n) is 1.33. The van der Waals surface area contributed by atoms with E-state index in [2.05, 4.69) is 12.1 Å². The van der Waals surface area contributed by atoms with Crippen molar-refractivity contribution in [1.82, 2.24) is 0 Å². The molecule has 0 nitrogen and oxygen atoms in total. The van der Waals surface area contributed by atoms with Crippen LogP contribution < -0.4 is 0 Å². The van der Waals surface area contributed by atoms with Gasteiger partial charge in [-0.05, 0) is 0 Å². The van der Waals surface area contributed by atoms with Gasteiger partial charge in [-0.15, -0.1) is 12.1 Å². The molecule has 0 saturated heterocycles. The second-order valence-electron chi connectivity index (χ2n) is 0.888. The quantitative estimate of drug-likeness (QED) is 0.256. The minimum atomic E-state index is -5.23. The molecule has 44 valence electrons. The molecule has 0 unspecified atom stereocenters. The zero-order valence-corrected chi connectivity index (χ0v) is 6.09. The van der Waals surface area contributed by atoms with Crippen molar-refractivity contribution >= 4 is 28.5 Å². The van der Waals surface area contributed by atoms with Crippen LogP contribution >= 0.6 is 12.1 Å². The number of thiol groups is 1. The molecule has 0 aromatic heterocycles. The predicted octanol–water partition coefficient (Wildman–Crippen LogP) is 1.03. The van der Waals surface area contributed by atoms with E-state index in [-0.39, 0.29) is 0 Å². The summed E-state index contributed by atoms with van der Waals surface area (Å²) in [5.41, 5.74) is 0. The van der Waals surface area contributed by atoms with Crippen molar-refractivity contribution in [2.75, 3.05) is 0 Å². The molecule has 7 heteroatoms. The van der Waals surface area contributed by atoms with E-state index in [0.717, 1.165) is 0 Å². The van der Waals surface area contributed by atoms with Gasteiger partial charge in [-0.25, -0.2) is 0 Å². The first-order valence-corrected chi connectivity index (χ1v) is 7.05. The van der Waals surface area contributed by atoms with Gasteiger partial charge in [-0.1, -0.05) is 0 Å². The van der Waals surface area contributed by atoms with Crippen molar-refractivity contribution < 1.29 is 16.4 Å². The summed E-state index contributed by atoms with van der Waals surface area (Å²) in [5.74, 6) is 0. The van der Waals surface area contributed by atoms with Gasteiger partial charge < -0.3 is 0 Å². The molecule has 0 radical (unpaired) electrons.